The molecule has 4 heteroatoms. The number of aliphatic hydroxyl groups excluding tert-OH is 1. The van der Waals surface area contributed by atoms with Gasteiger partial charge in [0.2, 0.25) is 0 Å². The van der Waals surface area contributed by atoms with Crippen molar-refractivity contribution in [3.8, 4) is 0 Å². The molecule has 16 heavy (non-hydrogen) atoms. The van der Waals surface area contributed by atoms with E-state index in [0.29, 0.717) is 18.4 Å². The van der Waals surface area contributed by atoms with Gasteiger partial charge in [-0.1, -0.05) is 12.8 Å². The highest BCUT2D eigenvalue weighted by Crippen LogP contribution is 2.23. The number of carbonyl (C=O) groups excluding carboxylic acids is 1. The Bertz CT molecular complexity index is 208. The van der Waals surface area contributed by atoms with E-state index in [1.165, 1.54) is 20.0 Å². The van der Waals surface area contributed by atoms with Crippen molar-refractivity contribution in [2.24, 2.45) is 5.92 Å². The van der Waals surface area contributed by atoms with Gasteiger partial charge in [0, 0.05) is 19.1 Å². The Morgan fingerprint density at radius 2 is 2.19 bits per heavy atom. The summed E-state index contributed by atoms with van der Waals surface area (Å²) >= 11 is 0. The number of esters is 1. The molecule has 0 bridgehead atoms. The van der Waals surface area contributed by atoms with Crippen LogP contribution in [0.1, 0.15) is 38.5 Å². The summed E-state index contributed by atoms with van der Waals surface area (Å²) in [6.45, 7) is 1.10. The van der Waals surface area contributed by atoms with Gasteiger partial charge in [0.1, 0.15) is 0 Å². The summed E-state index contributed by atoms with van der Waals surface area (Å²) in [7, 11) is 1.42. The third-order valence-corrected chi connectivity index (χ3v) is 3.34. The largest absolute Gasteiger partial charge is 0.469 e. The molecule has 0 spiro atoms. The van der Waals surface area contributed by atoms with Gasteiger partial charge >= 0.3 is 5.97 Å². The molecule has 2 atom stereocenters. The summed E-state index contributed by atoms with van der Waals surface area (Å²) in [6.07, 6.45) is 6.01. The maximum absolute atomic E-state index is 10.9. The molecule has 0 aromatic heterocycles. The van der Waals surface area contributed by atoms with Gasteiger partial charge in [0.15, 0.2) is 0 Å². The fourth-order valence-corrected chi connectivity index (χ4v) is 2.32. The monoisotopic (exact) mass is 229 g/mol. The number of hydrogen-bond donors (Lipinski definition) is 2. The van der Waals surface area contributed by atoms with Crippen molar-refractivity contribution in [3.63, 3.8) is 0 Å². The molecule has 0 radical (unpaired) electrons. The van der Waals surface area contributed by atoms with Crippen LogP contribution in [-0.4, -0.2) is 37.4 Å². The number of methoxy groups -OCH3 is 1. The molecule has 0 saturated heterocycles. The Morgan fingerprint density at radius 3 is 2.88 bits per heavy atom. The van der Waals surface area contributed by atoms with Crippen molar-refractivity contribution in [1.82, 2.24) is 5.32 Å². The van der Waals surface area contributed by atoms with Crippen LogP contribution in [-0.2, 0) is 9.53 Å². The van der Waals surface area contributed by atoms with Crippen molar-refractivity contribution < 1.29 is 14.6 Å². The third-order valence-electron chi connectivity index (χ3n) is 3.34. The molecule has 0 aromatic rings. The number of hydrogen-bond acceptors (Lipinski definition) is 4. The molecule has 1 aliphatic carbocycles. The van der Waals surface area contributed by atoms with Gasteiger partial charge in [0.25, 0.3) is 0 Å². The quantitative estimate of drug-likeness (QED) is 0.528. The molecular formula is C12H23NO3. The zero-order valence-electron chi connectivity index (χ0n) is 10.1. The summed E-state index contributed by atoms with van der Waals surface area (Å²) in [5.74, 6) is 0.246. The number of ether oxygens (including phenoxy) is 1. The van der Waals surface area contributed by atoms with Crippen LogP contribution in [0.2, 0.25) is 0 Å². The lowest BCUT2D eigenvalue weighted by Crippen LogP contribution is -2.40. The predicted molar refractivity (Wildman–Crippen MR) is 62.1 cm³/mol. The standard InChI is InChI=1S/C12H23NO3/c1-16-12(15)7-4-8-13-11-6-3-2-5-10(11)9-14/h10-11,13-14H,2-9H2,1H3. The van der Waals surface area contributed by atoms with Crippen LogP contribution >= 0.6 is 0 Å². The van der Waals surface area contributed by atoms with E-state index in [2.05, 4.69) is 10.1 Å². The molecule has 1 rings (SSSR count). The van der Waals surface area contributed by atoms with E-state index in [-0.39, 0.29) is 12.6 Å². The minimum Gasteiger partial charge on any atom is -0.469 e. The zero-order chi connectivity index (χ0) is 11.8. The first-order valence-electron chi connectivity index (χ1n) is 6.19. The van der Waals surface area contributed by atoms with Crippen LogP contribution in [0.15, 0.2) is 0 Å². The van der Waals surface area contributed by atoms with Gasteiger partial charge < -0.3 is 15.2 Å². The smallest absolute Gasteiger partial charge is 0.305 e. The third kappa shape index (κ3) is 4.49. The van der Waals surface area contributed by atoms with E-state index >= 15 is 0 Å². The average molecular weight is 229 g/mol. The highest BCUT2D eigenvalue weighted by Gasteiger charge is 2.23. The van der Waals surface area contributed by atoms with Gasteiger partial charge in [-0.05, 0) is 31.7 Å². The van der Waals surface area contributed by atoms with Crippen LogP contribution in [0.3, 0.4) is 0 Å². The Hall–Kier alpha value is -0.610. The minimum absolute atomic E-state index is 0.149. The maximum atomic E-state index is 10.9. The molecule has 4 nitrogen and oxygen atoms in total. The summed E-state index contributed by atoms with van der Waals surface area (Å²) < 4.78 is 4.58. The Balaban J connectivity index is 2.13. The Morgan fingerprint density at radius 1 is 1.44 bits per heavy atom. The van der Waals surface area contributed by atoms with E-state index in [0.717, 1.165) is 25.8 Å². The van der Waals surface area contributed by atoms with Crippen LogP contribution in [0.25, 0.3) is 0 Å². The second-order valence-corrected chi connectivity index (χ2v) is 4.47. The Labute approximate surface area is 97.4 Å². The maximum Gasteiger partial charge on any atom is 0.305 e. The van der Waals surface area contributed by atoms with Crippen molar-refractivity contribution >= 4 is 5.97 Å². The second kappa shape index (κ2) is 7.63. The van der Waals surface area contributed by atoms with Crippen molar-refractivity contribution in [3.05, 3.63) is 0 Å². The first-order valence-corrected chi connectivity index (χ1v) is 6.19. The van der Waals surface area contributed by atoms with E-state index in [9.17, 15) is 9.90 Å². The molecular weight excluding hydrogens is 206 g/mol. The lowest BCUT2D eigenvalue weighted by Gasteiger charge is -2.31. The summed E-state index contributed by atoms with van der Waals surface area (Å²) in [5, 5.41) is 12.7. The van der Waals surface area contributed by atoms with Gasteiger partial charge in [-0.15, -0.1) is 0 Å². The average Bonchev–Trinajstić information content (AvgIpc) is 2.34. The van der Waals surface area contributed by atoms with Crippen molar-refractivity contribution in [2.45, 2.75) is 44.6 Å². The van der Waals surface area contributed by atoms with Gasteiger partial charge in [-0.2, -0.15) is 0 Å². The predicted octanol–water partition coefficient (Wildman–Crippen LogP) is 1.08. The lowest BCUT2D eigenvalue weighted by atomic mass is 9.85. The second-order valence-electron chi connectivity index (χ2n) is 4.47. The van der Waals surface area contributed by atoms with Crippen LogP contribution in [0.4, 0.5) is 0 Å². The number of nitrogens with one attached hydrogen (secondary N) is 1. The first kappa shape index (κ1) is 13.5. The van der Waals surface area contributed by atoms with E-state index in [1.54, 1.807) is 0 Å². The van der Waals surface area contributed by atoms with Gasteiger partial charge in [-0.3, -0.25) is 4.79 Å². The molecule has 2 unspecified atom stereocenters. The van der Waals surface area contributed by atoms with E-state index < -0.39 is 0 Å². The van der Waals surface area contributed by atoms with Crippen molar-refractivity contribution in [1.29, 1.82) is 0 Å². The molecule has 0 heterocycles. The summed E-state index contributed by atoms with van der Waals surface area (Å²) in [6, 6.07) is 0.427. The molecule has 0 aliphatic heterocycles. The zero-order valence-corrected chi connectivity index (χ0v) is 10.1. The Kier molecular flexibility index (Phi) is 6.42. The molecule has 2 N–H and O–H groups in total. The van der Waals surface area contributed by atoms with Gasteiger partial charge in [0.05, 0.1) is 7.11 Å². The summed E-state index contributed by atoms with van der Waals surface area (Å²) in [5.41, 5.74) is 0. The topological polar surface area (TPSA) is 58.6 Å². The van der Waals surface area contributed by atoms with Crippen LogP contribution in [0, 0.1) is 5.92 Å². The van der Waals surface area contributed by atoms with E-state index in [4.69, 9.17) is 0 Å². The first-order chi connectivity index (χ1) is 7.77. The molecule has 1 saturated carbocycles. The summed E-state index contributed by atoms with van der Waals surface area (Å²) in [4.78, 5) is 10.9. The lowest BCUT2D eigenvalue weighted by molar-refractivity contribution is -0.140. The van der Waals surface area contributed by atoms with Crippen molar-refractivity contribution in [2.75, 3.05) is 20.3 Å². The highest BCUT2D eigenvalue weighted by molar-refractivity contribution is 5.69. The molecule has 0 amide bonds. The van der Waals surface area contributed by atoms with Gasteiger partial charge in [-0.25, -0.2) is 0 Å². The normalized spacial score (nSPS) is 25.4. The fraction of sp³-hybridized carbons (Fsp3) is 0.917. The van der Waals surface area contributed by atoms with Crippen LogP contribution < -0.4 is 5.32 Å². The number of aliphatic hydroxyl groups is 1. The number of carbonyl (C=O) groups is 1. The molecule has 1 aliphatic rings. The SMILES string of the molecule is COC(=O)CCCNC1CCCCC1CO. The molecule has 94 valence electrons. The molecule has 1 fully saturated rings. The highest BCUT2D eigenvalue weighted by atomic mass is 16.5. The minimum atomic E-state index is -0.149. The van der Waals surface area contributed by atoms with E-state index in [1.807, 2.05) is 0 Å². The van der Waals surface area contributed by atoms with Crippen LogP contribution in [0.5, 0.6) is 0 Å². The fourth-order valence-electron chi connectivity index (χ4n) is 2.32. The molecule has 0 aromatic carbocycles. The number of rotatable bonds is 6.